The summed E-state index contributed by atoms with van der Waals surface area (Å²) in [6, 6.07) is 1.77. The average molecular weight is 397 g/mol. The van der Waals surface area contributed by atoms with Gasteiger partial charge in [0.15, 0.2) is 11.2 Å². The normalized spacial score (nSPS) is 24.3. The van der Waals surface area contributed by atoms with Gasteiger partial charge in [-0.15, -0.1) is 0 Å². The zero-order chi connectivity index (χ0) is 19.4. The van der Waals surface area contributed by atoms with Crippen LogP contribution in [0, 0.1) is 23.2 Å². The second kappa shape index (κ2) is 8.29. The Balaban J connectivity index is 1.65. The van der Waals surface area contributed by atoms with Gasteiger partial charge in [0.05, 0.1) is 38.4 Å². The summed E-state index contributed by atoms with van der Waals surface area (Å²) in [6.45, 7) is -0.103. The topological polar surface area (TPSA) is 152 Å². The second-order valence-electron chi connectivity index (χ2n) is 6.13. The lowest BCUT2D eigenvalue weighted by molar-refractivity contribution is -0.00944. The van der Waals surface area contributed by atoms with E-state index in [2.05, 4.69) is 15.0 Å². The van der Waals surface area contributed by atoms with Crippen molar-refractivity contribution in [1.29, 1.82) is 5.26 Å². The molecule has 0 aromatic carbocycles. The smallest absolute Gasteiger partial charge is 0.396 e. The van der Waals surface area contributed by atoms with E-state index < -0.39 is 7.82 Å². The van der Waals surface area contributed by atoms with E-state index >= 15 is 0 Å². The monoisotopic (exact) mass is 397 g/mol. The van der Waals surface area contributed by atoms with Crippen molar-refractivity contribution >= 4 is 19.0 Å². The minimum atomic E-state index is -3.74. The Morgan fingerprint density at radius 2 is 2.30 bits per heavy atom. The van der Waals surface area contributed by atoms with Gasteiger partial charge in [-0.2, -0.15) is 5.26 Å². The molecule has 4 atom stereocenters. The summed E-state index contributed by atoms with van der Waals surface area (Å²) in [6.07, 6.45) is 3.53. The van der Waals surface area contributed by atoms with Gasteiger partial charge in [0.25, 0.3) is 5.56 Å². The summed E-state index contributed by atoms with van der Waals surface area (Å²) in [7, 11) is -2.53. The van der Waals surface area contributed by atoms with Gasteiger partial charge in [0, 0.05) is 25.7 Å². The summed E-state index contributed by atoms with van der Waals surface area (Å²) in [5.74, 6) is -0.268. The molecule has 2 N–H and O–H groups in total. The number of rotatable bonds is 9. The van der Waals surface area contributed by atoms with Crippen LogP contribution in [0.2, 0.25) is 0 Å². The molecule has 1 saturated carbocycles. The number of hydrogen-bond donors (Lipinski definition) is 2. The number of phosphoric acid groups is 1. The molecule has 11 nitrogen and oxygen atoms in total. The van der Waals surface area contributed by atoms with Crippen molar-refractivity contribution in [3.05, 3.63) is 23.0 Å². The van der Waals surface area contributed by atoms with Gasteiger partial charge in [-0.1, -0.05) is 0 Å². The van der Waals surface area contributed by atoms with E-state index in [1.165, 1.54) is 19.8 Å². The van der Waals surface area contributed by atoms with Crippen molar-refractivity contribution in [1.82, 2.24) is 19.5 Å². The zero-order valence-electron chi connectivity index (χ0n) is 14.6. The standard InChI is InChI=1S/C15H20N5O6P/c1-24-27(23,25-4-2-3-16)26-7-10-5-12(11(10)6-21)20-9-19-13-14(20)17-8-18-15(13)22/h8-12,21H,2,4-7H2,1H3,(H,17,18,22)/t10-,11-,12-,27?/m1/s1. The maximum atomic E-state index is 12.3. The van der Waals surface area contributed by atoms with E-state index in [0.29, 0.717) is 12.1 Å². The maximum absolute atomic E-state index is 12.3. The second-order valence-corrected chi connectivity index (χ2v) is 7.91. The maximum Gasteiger partial charge on any atom is 0.474 e. The number of phosphoric ester groups is 1. The van der Waals surface area contributed by atoms with E-state index in [4.69, 9.17) is 18.8 Å². The molecule has 1 aliphatic rings. The van der Waals surface area contributed by atoms with E-state index in [1.807, 2.05) is 6.07 Å². The number of nitriles is 1. The van der Waals surface area contributed by atoms with Crippen molar-refractivity contribution in [3.63, 3.8) is 0 Å². The van der Waals surface area contributed by atoms with Crippen molar-refractivity contribution in [2.24, 2.45) is 11.8 Å². The molecule has 0 radical (unpaired) electrons. The first-order valence-corrected chi connectivity index (χ1v) is 9.82. The predicted octanol–water partition coefficient (Wildman–Crippen LogP) is 0.990. The third-order valence-electron chi connectivity index (χ3n) is 4.71. The number of imidazole rings is 1. The lowest BCUT2D eigenvalue weighted by Gasteiger charge is -2.44. The van der Waals surface area contributed by atoms with Crippen LogP contribution >= 0.6 is 7.82 Å². The van der Waals surface area contributed by atoms with Crippen molar-refractivity contribution < 1.29 is 23.2 Å². The minimum absolute atomic E-state index is 0.0560. The van der Waals surface area contributed by atoms with Gasteiger partial charge in [0.2, 0.25) is 0 Å². The Bertz CT molecular complexity index is 937. The molecule has 146 valence electrons. The van der Waals surface area contributed by atoms with Crippen molar-refractivity contribution in [2.75, 3.05) is 26.9 Å². The Hall–Kier alpha value is -2.09. The molecule has 0 amide bonds. The van der Waals surface area contributed by atoms with Crippen LogP contribution in [0.5, 0.6) is 0 Å². The molecule has 0 bridgehead atoms. The van der Waals surface area contributed by atoms with Gasteiger partial charge in [0.1, 0.15) is 0 Å². The molecule has 0 saturated heterocycles. The predicted molar refractivity (Wildman–Crippen MR) is 92.6 cm³/mol. The van der Waals surface area contributed by atoms with Crippen molar-refractivity contribution in [2.45, 2.75) is 18.9 Å². The van der Waals surface area contributed by atoms with Crippen LogP contribution in [-0.2, 0) is 18.1 Å². The molecule has 2 aromatic rings. The summed E-state index contributed by atoms with van der Waals surface area (Å²) in [5.41, 5.74) is 0.363. The fraction of sp³-hybridized carbons (Fsp3) is 0.600. The van der Waals surface area contributed by atoms with Gasteiger partial charge in [-0.05, 0) is 12.3 Å². The SMILES string of the molecule is COP(=O)(OCCC#N)OC[C@H]1C[C@@H](n2cnc3c(=O)[nH]cnc32)[C@@H]1CO. The molecule has 3 rings (SSSR count). The fourth-order valence-electron chi connectivity index (χ4n) is 3.20. The van der Waals surface area contributed by atoms with Crippen LogP contribution in [0.3, 0.4) is 0 Å². The highest BCUT2D eigenvalue weighted by Gasteiger charge is 2.44. The van der Waals surface area contributed by atoms with Gasteiger partial charge in [-0.3, -0.25) is 18.4 Å². The Kier molecular flexibility index (Phi) is 6.04. The lowest BCUT2D eigenvalue weighted by atomic mass is 9.70. The number of nitrogens with one attached hydrogen (secondary N) is 1. The Labute approximate surface area is 154 Å². The largest absolute Gasteiger partial charge is 0.474 e. The van der Waals surface area contributed by atoms with Gasteiger partial charge < -0.3 is 14.7 Å². The van der Waals surface area contributed by atoms with Gasteiger partial charge >= 0.3 is 7.82 Å². The first-order valence-electron chi connectivity index (χ1n) is 8.36. The third-order valence-corrected chi connectivity index (χ3v) is 6.12. The van der Waals surface area contributed by atoms with E-state index in [-0.39, 0.29) is 55.2 Å². The van der Waals surface area contributed by atoms with Crippen LogP contribution in [0.4, 0.5) is 0 Å². The van der Waals surface area contributed by atoms with Crippen LogP contribution in [0.25, 0.3) is 11.2 Å². The number of fused-ring (bicyclic) bond motifs is 1. The van der Waals surface area contributed by atoms with Gasteiger partial charge in [-0.25, -0.2) is 14.5 Å². The summed E-state index contributed by atoms with van der Waals surface area (Å²) < 4.78 is 29.3. The number of aromatic nitrogens is 4. The molecule has 0 aliphatic heterocycles. The lowest BCUT2D eigenvalue weighted by Crippen LogP contribution is -2.42. The highest BCUT2D eigenvalue weighted by Crippen LogP contribution is 2.52. The highest BCUT2D eigenvalue weighted by atomic mass is 31.2. The Morgan fingerprint density at radius 1 is 1.48 bits per heavy atom. The van der Waals surface area contributed by atoms with Crippen molar-refractivity contribution in [3.8, 4) is 6.07 Å². The minimum Gasteiger partial charge on any atom is -0.396 e. The summed E-state index contributed by atoms with van der Waals surface area (Å²) in [4.78, 5) is 22.5. The van der Waals surface area contributed by atoms with Crippen LogP contribution in [0.1, 0.15) is 18.9 Å². The van der Waals surface area contributed by atoms with E-state index in [0.717, 1.165) is 0 Å². The van der Waals surface area contributed by atoms with Crippen LogP contribution in [0.15, 0.2) is 17.4 Å². The van der Waals surface area contributed by atoms with E-state index in [1.54, 1.807) is 4.57 Å². The fourth-order valence-corrected chi connectivity index (χ4v) is 4.17. The van der Waals surface area contributed by atoms with E-state index in [9.17, 15) is 14.5 Å². The third kappa shape index (κ3) is 3.95. The molecule has 1 fully saturated rings. The van der Waals surface area contributed by atoms with Crippen LogP contribution < -0.4 is 5.56 Å². The molecule has 27 heavy (non-hydrogen) atoms. The molecular weight excluding hydrogens is 377 g/mol. The Morgan fingerprint density at radius 3 is 3.00 bits per heavy atom. The molecule has 2 heterocycles. The first kappa shape index (κ1) is 19.7. The molecular formula is C15H20N5O6P. The summed E-state index contributed by atoms with van der Waals surface area (Å²) in [5, 5.41) is 18.3. The number of nitrogens with zero attached hydrogens (tertiary/aromatic N) is 4. The molecule has 1 unspecified atom stereocenters. The van der Waals surface area contributed by atoms with Crippen LogP contribution in [-0.4, -0.2) is 51.6 Å². The molecule has 12 heteroatoms. The highest BCUT2D eigenvalue weighted by molar-refractivity contribution is 7.48. The number of aliphatic hydroxyl groups excluding tert-OH is 1. The quantitative estimate of drug-likeness (QED) is 0.466. The number of aliphatic hydroxyl groups is 1. The average Bonchev–Trinajstić information content (AvgIpc) is 3.06. The number of H-pyrrole nitrogens is 1. The molecule has 2 aromatic heterocycles. The number of aromatic amines is 1. The zero-order valence-corrected chi connectivity index (χ0v) is 15.5. The molecule has 0 spiro atoms. The summed E-state index contributed by atoms with van der Waals surface area (Å²) >= 11 is 0. The number of hydrogen-bond acceptors (Lipinski definition) is 9. The molecule has 1 aliphatic carbocycles. The first-order chi connectivity index (χ1) is 13.0.